The standard InChI is InChI=1S/C20H20F2N4O3S/c1-30(28,29)17-7-5-14(6-8-17)15-4-2-3-13(9-15)12-26-18(24-25-20(26)27)10-16(11-23)19(21)22/h2-9H,10-12,23H2,1H3,(H,25,27). The average molecular weight is 434 g/mol. The summed E-state index contributed by atoms with van der Waals surface area (Å²) in [5.74, 6) is 0.163. The van der Waals surface area contributed by atoms with Crippen LogP contribution in [0, 0.1) is 0 Å². The zero-order valence-corrected chi connectivity index (χ0v) is 16.9. The van der Waals surface area contributed by atoms with Crippen molar-refractivity contribution in [2.24, 2.45) is 5.73 Å². The van der Waals surface area contributed by atoms with Gasteiger partial charge in [0.2, 0.25) is 0 Å². The van der Waals surface area contributed by atoms with Crippen molar-refractivity contribution in [2.75, 3.05) is 12.8 Å². The van der Waals surface area contributed by atoms with Crippen LogP contribution < -0.4 is 11.4 Å². The number of H-pyrrole nitrogens is 1. The Morgan fingerprint density at radius 3 is 2.43 bits per heavy atom. The van der Waals surface area contributed by atoms with Crippen molar-refractivity contribution in [3.8, 4) is 11.1 Å². The topological polar surface area (TPSA) is 111 Å². The van der Waals surface area contributed by atoms with Gasteiger partial charge in [0.05, 0.1) is 11.4 Å². The van der Waals surface area contributed by atoms with Gasteiger partial charge in [0.1, 0.15) is 5.82 Å². The highest BCUT2D eigenvalue weighted by Crippen LogP contribution is 2.23. The van der Waals surface area contributed by atoms with Gasteiger partial charge in [0, 0.05) is 24.8 Å². The first-order valence-corrected chi connectivity index (χ1v) is 10.8. The largest absolute Gasteiger partial charge is 0.343 e. The third-order valence-corrected chi connectivity index (χ3v) is 5.73. The van der Waals surface area contributed by atoms with Gasteiger partial charge in [0.15, 0.2) is 9.84 Å². The van der Waals surface area contributed by atoms with Crippen LogP contribution in [0.3, 0.4) is 0 Å². The van der Waals surface area contributed by atoms with E-state index in [9.17, 15) is 22.0 Å². The highest BCUT2D eigenvalue weighted by molar-refractivity contribution is 7.90. The maximum absolute atomic E-state index is 12.9. The number of aromatic amines is 1. The second-order valence-corrected chi connectivity index (χ2v) is 8.79. The summed E-state index contributed by atoms with van der Waals surface area (Å²) < 4.78 is 50.4. The molecule has 7 nitrogen and oxygen atoms in total. The van der Waals surface area contributed by atoms with Gasteiger partial charge in [0.25, 0.3) is 6.08 Å². The third kappa shape index (κ3) is 4.89. The molecule has 3 N–H and O–H groups in total. The average Bonchev–Trinajstić information content (AvgIpc) is 3.05. The molecule has 30 heavy (non-hydrogen) atoms. The Bertz CT molecular complexity index is 1240. The fraction of sp³-hybridized carbons (Fsp3) is 0.200. The molecule has 158 valence electrons. The lowest BCUT2D eigenvalue weighted by molar-refractivity contribution is 0.407. The first kappa shape index (κ1) is 21.6. The number of aromatic nitrogens is 3. The quantitative estimate of drug-likeness (QED) is 0.593. The van der Waals surface area contributed by atoms with Gasteiger partial charge >= 0.3 is 5.69 Å². The van der Waals surface area contributed by atoms with E-state index >= 15 is 0 Å². The lowest BCUT2D eigenvalue weighted by atomic mass is 10.0. The van der Waals surface area contributed by atoms with Crippen molar-refractivity contribution in [3.05, 3.63) is 82.1 Å². The number of nitrogens with two attached hydrogens (primary N) is 1. The molecule has 1 aromatic heterocycles. The van der Waals surface area contributed by atoms with Crippen LogP contribution in [0.25, 0.3) is 11.1 Å². The highest BCUT2D eigenvalue weighted by Gasteiger charge is 2.14. The van der Waals surface area contributed by atoms with E-state index < -0.39 is 21.6 Å². The van der Waals surface area contributed by atoms with Crippen LogP contribution in [0.1, 0.15) is 11.4 Å². The second kappa shape index (κ2) is 8.72. The fourth-order valence-electron chi connectivity index (χ4n) is 2.98. The van der Waals surface area contributed by atoms with Crippen molar-refractivity contribution in [1.82, 2.24) is 14.8 Å². The zero-order valence-electron chi connectivity index (χ0n) is 16.1. The maximum Gasteiger partial charge on any atom is 0.343 e. The highest BCUT2D eigenvalue weighted by atomic mass is 32.2. The number of hydrogen-bond acceptors (Lipinski definition) is 5. The summed E-state index contributed by atoms with van der Waals surface area (Å²) in [7, 11) is -3.29. The molecule has 2 aromatic carbocycles. The minimum Gasteiger partial charge on any atom is -0.327 e. The van der Waals surface area contributed by atoms with E-state index in [0.29, 0.717) is 0 Å². The first-order chi connectivity index (χ1) is 14.2. The monoisotopic (exact) mass is 434 g/mol. The van der Waals surface area contributed by atoms with E-state index in [1.54, 1.807) is 24.3 Å². The molecular formula is C20H20F2N4O3S. The predicted molar refractivity (Wildman–Crippen MR) is 109 cm³/mol. The Morgan fingerprint density at radius 2 is 1.83 bits per heavy atom. The van der Waals surface area contributed by atoms with Crippen molar-refractivity contribution < 1.29 is 17.2 Å². The van der Waals surface area contributed by atoms with Crippen LogP contribution >= 0.6 is 0 Å². The number of sulfone groups is 1. The van der Waals surface area contributed by atoms with Crippen LogP contribution in [0.2, 0.25) is 0 Å². The Balaban J connectivity index is 1.89. The molecule has 0 fully saturated rings. The summed E-state index contributed by atoms with van der Waals surface area (Å²) in [6, 6.07) is 13.8. The lowest BCUT2D eigenvalue weighted by Gasteiger charge is -2.09. The number of nitrogens with one attached hydrogen (secondary N) is 1. The molecule has 0 aliphatic rings. The lowest BCUT2D eigenvalue weighted by Crippen LogP contribution is -2.20. The van der Waals surface area contributed by atoms with Gasteiger partial charge in [-0.25, -0.2) is 18.3 Å². The number of halogens is 2. The number of hydrogen-bond donors (Lipinski definition) is 2. The minimum atomic E-state index is -3.29. The smallest absolute Gasteiger partial charge is 0.327 e. The molecule has 1 heterocycles. The molecule has 0 spiro atoms. The Morgan fingerprint density at radius 1 is 1.13 bits per heavy atom. The summed E-state index contributed by atoms with van der Waals surface area (Å²) >= 11 is 0. The number of rotatable bonds is 7. The van der Waals surface area contributed by atoms with Crippen molar-refractivity contribution in [3.63, 3.8) is 0 Å². The van der Waals surface area contributed by atoms with Gasteiger partial charge in [-0.05, 0) is 34.9 Å². The van der Waals surface area contributed by atoms with Gasteiger partial charge in [-0.15, -0.1) is 0 Å². The molecule has 0 aliphatic heterocycles. The van der Waals surface area contributed by atoms with Gasteiger partial charge in [-0.2, -0.15) is 13.9 Å². The van der Waals surface area contributed by atoms with Crippen LogP contribution in [-0.2, 0) is 22.8 Å². The number of nitrogens with zero attached hydrogens (tertiary/aromatic N) is 2. The van der Waals surface area contributed by atoms with Crippen LogP contribution in [0.4, 0.5) is 8.78 Å². The molecule has 10 heteroatoms. The Kier molecular flexibility index (Phi) is 6.28. The molecule has 0 amide bonds. The molecule has 3 rings (SSSR count). The normalized spacial score (nSPS) is 11.5. The Hall–Kier alpha value is -3.11. The van der Waals surface area contributed by atoms with Crippen LogP contribution in [0.5, 0.6) is 0 Å². The predicted octanol–water partition coefficient (Wildman–Crippen LogP) is 2.34. The van der Waals surface area contributed by atoms with Crippen LogP contribution in [0.15, 0.2) is 69.9 Å². The zero-order chi connectivity index (χ0) is 21.9. The molecule has 0 atom stereocenters. The molecule has 0 aliphatic carbocycles. The van der Waals surface area contributed by atoms with E-state index in [1.165, 1.54) is 16.7 Å². The SMILES string of the molecule is CS(=O)(=O)c1ccc(-c2cccc(Cn3c(CC(CN)=C(F)F)n[nH]c3=O)c2)cc1. The van der Waals surface area contributed by atoms with Gasteiger partial charge in [-0.3, -0.25) is 4.57 Å². The molecule has 0 radical (unpaired) electrons. The third-order valence-electron chi connectivity index (χ3n) is 4.61. The molecular weight excluding hydrogens is 414 g/mol. The van der Waals surface area contributed by atoms with Crippen molar-refractivity contribution >= 4 is 9.84 Å². The van der Waals surface area contributed by atoms with Crippen LogP contribution in [-0.4, -0.2) is 36.0 Å². The van der Waals surface area contributed by atoms with Gasteiger partial charge < -0.3 is 5.73 Å². The number of benzene rings is 2. The minimum absolute atomic E-state index is 0.131. The van der Waals surface area contributed by atoms with E-state index in [2.05, 4.69) is 10.2 Å². The maximum atomic E-state index is 12.9. The van der Waals surface area contributed by atoms with Crippen molar-refractivity contribution in [2.45, 2.75) is 17.9 Å². The van der Waals surface area contributed by atoms with E-state index in [1.807, 2.05) is 12.1 Å². The summed E-state index contributed by atoms with van der Waals surface area (Å²) in [6.07, 6.45) is -0.966. The fourth-order valence-corrected chi connectivity index (χ4v) is 3.61. The van der Waals surface area contributed by atoms with E-state index in [-0.39, 0.29) is 35.8 Å². The summed E-state index contributed by atoms with van der Waals surface area (Å²) in [6.45, 7) is -0.200. The molecule has 0 saturated heterocycles. The van der Waals surface area contributed by atoms with E-state index in [4.69, 9.17) is 5.73 Å². The molecule has 3 aromatic rings. The molecule has 0 saturated carbocycles. The van der Waals surface area contributed by atoms with E-state index in [0.717, 1.165) is 22.9 Å². The molecule has 0 unspecified atom stereocenters. The summed E-state index contributed by atoms with van der Waals surface area (Å²) in [5, 5.41) is 6.13. The van der Waals surface area contributed by atoms with Crippen molar-refractivity contribution in [1.29, 1.82) is 0 Å². The molecule has 0 bridgehead atoms. The summed E-state index contributed by atoms with van der Waals surface area (Å²) in [5.41, 5.74) is 6.94. The van der Waals surface area contributed by atoms with Gasteiger partial charge in [-0.1, -0.05) is 30.3 Å². The first-order valence-electron chi connectivity index (χ1n) is 8.95. The Labute approximate surface area is 171 Å². The second-order valence-electron chi connectivity index (χ2n) is 6.77. The summed E-state index contributed by atoms with van der Waals surface area (Å²) in [4.78, 5) is 12.3.